The highest BCUT2D eigenvalue weighted by molar-refractivity contribution is 5.48. The fraction of sp³-hybridized carbons (Fsp3) is 0.294. The lowest BCUT2D eigenvalue weighted by Gasteiger charge is -2.16. The highest BCUT2D eigenvalue weighted by Crippen LogP contribution is 2.67. The topological polar surface area (TPSA) is 12.0 Å². The van der Waals surface area contributed by atoms with E-state index in [0.717, 1.165) is 19.0 Å². The molecule has 4 rings (SSSR count). The summed E-state index contributed by atoms with van der Waals surface area (Å²) in [6.07, 6.45) is 0. The van der Waals surface area contributed by atoms with Crippen LogP contribution < -0.4 is 5.32 Å². The quantitative estimate of drug-likeness (QED) is 0.844. The summed E-state index contributed by atoms with van der Waals surface area (Å²) in [4.78, 5) is 0. The first-order chi connectivity index (χ1) is 8.93. The van der Waals surface area contributed by atoms with Crippen molar-refractivity contribution in [3.05, 3.63) is 71.8 Å². The molecule has 3 atom stereocenters. The maximum absolute atomic E-state index is 3.56. The summed E-state index contributed by atoms with van der Waals surface area (Å²) in [5, 5.41) is 3.56. The molecule has 0 amide bonds. The van der Waals surface area contributed by atoms with E-state index in [1.807, 2.05) is 0 Å². The first-order valence-electron chi connectivity index (χ1n) is 6.74. The van der Waals surface area contributed by atoms with Gasteiger partial charge in [0.1, 0.15) is 0 Å². The van der Waals surface area contributed by atoms with Crippen molar-refractivity contribution in [1.29, 1.82) is 0 Å². The smallest absolute Gasteiger partial charge is 0.0196 e. The molecule has 1 saturated carbocycles. The van der Waals surface area contributed by atoms with Gasteiger partial charge in [0.05, 0.1) is 0 Å². The Morgan fingerprint density at radius 1 is 0.889 bits per heavy atom. The predicted molar refractivity (Wildman–Crippen MR) is 73.7 cm³/mol. The van der Waals surface area contributed by atoms with Crippen molar-refractivity contribution >= 4 is 0 Å². The molecular formula is C17H17N. The molecule has 18 heavy (non-hydrogen) atoms. The molecule has 1 N–H and O–H groups in total. The molecular weight excluding hydrogens is 218 g/mol. The Labute approximate surface area is 108 Å². The number of rotatable bonds is 2. The van der Waals surface area contributed by atoms with E-state index < -0.39 is 0 Å². The van der Waals surface area contributed by atoms with Crippen molar-refractivity contribution in [2.75, 3.05) is 13.1 Å². The van der Waals surface area contributed by atoms with E-state index in [-0.39, 0.29) is 0 Å². The van der Waals surface area contributed by atoms with Crippen LogP contribution in [0.15, 0.2) is 60.7 Å². The molecule has 2 aromatic carbocycles. The number of hydrogen-bond acceptors (Lipinski definition) is 1. The van der Waals surface area contributed by atoms with Crippen LogP contribution in [0.4, 0.5) is 0 Å². The largest absolute Gasteiger partial charge is 0.315 e. The van der Waals surface area contributed by atoms with Gasteiger partial charge in [-0.2, -0.15) is 0 Å². The minimum absolute atomic E-state index is 0.364. The molecule has 90 valence electrons. The SMILES string of the molecule is c1ccc(C2C3CNCC32c2ccccc2)cc1. The van der Waals surface area contributed by atoms with Gasteiger partial charge in [0, 0.05) is 17.9 Å². The summed E-state index contributed by atoms with van der Waals surface area (Å²) in [6.45, 7) is 2.29. The number of benzene rings is 2. The Balaban J connectivity index is 1.77. The predicted octanol–water partition coefficient (Wildman–Crippen LogP) is 2.94. The van der Waals surface area contributed by atoms with Gasteiger partial charge in [-0.15, -0.1) is 0 Å². The van der Waals surface area contributed by atoms with E-state index >= 15 is 0 Å². The van der Waals surface area contributed by atoms with Crippen LogP contribution in [0.2, 0.25) is 0 Å². The average molecular weight is 235 g/mol. The number of piperidine rings is 1. The van der Waals surface area contributed by atoms with E-state index in [1.165, 1.54) is 11.1 Å². The van der Waals surface area contributed by atoms with Crippen molar-refractivity contribution < 1.29 is 0 Å². The normalized spacial score (nSPS) is 33.1. The maximum atomic E-state index is 3.56. The summed E-state index contributed by atoms with van der Waals surface area (Å²) < 4.78 is 0. The summed E-state index contributed by atoms with van der Waals surface area (Å²) in [7, 11) is 0. The van der Waals surface area contributed by atoms with Crippen LogP contribution in [0, 0.1) is 5.92 Å². The lowest BCUT2D eigenvalue weighted by Crippen LogP contribution is -2.22. The van der Waals surface area contributed by atoms with Crippen LogP contribution in [0.3, 0.4) is 0 Å². The van der Waals surface area contributed by atoms with E-state index in [0.29, 0.717) is 11.3 Å². The molecule has 2 aromatic rings. The van der Waals surface area contributed by atoms with Crippen molar-refractivity contribution in [3.8, 4) is 0 Å². The van der Waals surface area contributed by atoms with Gasteiger partial charge in [0.15, 0.2) is 0 Å². The van der Waals surface area contributed by atoms with Crippen LogP contribution in [0.25, 0.3) is 0 Å². The second kappa shape index (κ2) is 3.69. The summed E-state index contributed by atoms with van der Waals surface area (Å²) in [5.41, 5.74) is 3.38. The molecule has 1 heterocycles. The molecule has 3 unspecified atom stereocenters. The Kier molecular flexibility index (Phi) is 2.12. The van der Waals surface area contributed by atoms with Crippen LogP contribution in [-0.2, 0) is 5.41 Å². The Bertz CT molecular complexity index is 548. The Hall–Kier alpha value is -1.60. The van der Waals surface area contributed by atoms with Gasteiger partial charge in [-0.25, -0.2) is 0 Å². The van der Waals surface area contributed by atoms with Crippen molar-refractivity contribution in [2.24, 2.45) is 5.92 Å². The van der Waals surface area contributed by atoms with Gasteiger partial charge in [-0.3, -0.25) is 0 Å². The fourth-order valence-electron chi connectivity index (χ4n) is 3.93. The molecule has 2 fully saturated rings. The van der Waals surface area contributed by atoms with E-state index in [2.05, 4.69) is 66.0 Å². The lowest BCUT2D eigenvalue weighted by molar-refractivity contribution is 0.636. The first kappa shape index (κ1) is 10.3. The van der Waals surface area contributed by atoms with Crippen LogP contribution >= 0.6 is 0 Å². The van der Waals surface area contributed by atoms with E-state index in [4.69, 9.17) is 0 Å². The van der Waals surface area contributed by atoms with Crippen LogP contribution in [-0.4, -0.2) is 13.1 Å². The summed E-state index contributed by atoms with van der Waals surface area (Å²) in [6, 6.07) is 22.0. The highest BCUT2D eigenvalue weighted by atomic mass is 15.0. The van der Waals surface area contributed by atoms with Gasteiger partial charge in [0.2, 0.25) is 0 Å². The third-order valence-corrected chi connectivity index (χ3v) is 4.76. The van der Waals surface area contributed by atoms with Gasteiger partial charge in [-0.1, -0.05) is 60.7 Å². The minimum atomic E-state index is 0.364. The zero-order valence-electron chi connectivity index (χ0n) is 10.3. The van der Waals surface area contributed by atoms with Crippen molar-refractivity contribution in [1.82, 2.24) is 5.32 Å². The molecule has 0 radical (unpaired) electrons. The third kappa shape index (κ3) is 1.25. The highest BCUT2D eigenvalue weighted by Gasteiger charge is 2.67. The summed E-state index contributed by atoms with van der Waals surface area (Å²) >= 11 is 0. The molecule has 1 saturated heterocycles. The maximum Gasteiger partial charge on any atom is 0.0196 e. The summed E-state index contributed by atoms with van der Waals surface area (Å²) in [5.74, 6) is 1.49. The molecule has 1 nitrogen and oxygen atoms in total. The number of hydrogen-bond donors (Lipinski definition) is 1. The Morgan fingerprint density at radius 3 is 2.28 bits per heavy atom. The van der Waals surface area contributed by atoms with Gasteiger partial charge in [0.25, 0.3) is 0 Å². The number of fused-ring (bicyclic) bond motifs is 1. The zero-order chi connectivity index (χ0) is 12.0. The molecule has 0 bridgehead atoms. The minimum Gasteiger partial charge on any atom is -0.315 e. The molecule has 2 aliphatic rings. The Morgan fingerprint density at radius 2 is 1.56 bits per heavy atom. The number of nitrogens with one attached hydrogen (secondary N) is 1. The fourth-order valence-corrected chi connectivity index (χ4v) is 3.93. The van der Waals surface area contributed by atoms with Crippen LogP contribution in [0.5, 0.6) is 0 Å². The van der Waals surface area contributed by atoms with Gasteiger partial charge < -0.3 is 5.32 Å². The van der Waals surface area contributed by atoms with Crippen LogP contribution in [0.1, 0.15) is 17.0 Å². The monoisotopic (exact) mass is 235 g/mol. The molecule has 1 aliphatic heterocycles. The second-order valence-electron chi connectivity index (χ2n) is 5.53. The average Bonchev–Trinajstić information content (AvgIpc) is 2.90. The van der Waals surface area contributed by atoms with Gasteiger partial charge in [-0.05, 0) is 23.6 Å². The standard InChI is InChI=1S/C17H17N/c1-3-7-13(8-4-1)16-15-11-18-12-17(15,16)14-9-5-2-6-10-14/h1-10,15-16,18H,11-12H2. The second-order valence-corrected chi connectivity index (χ2v) is 5.53. The zero-order valence-corrected chi connectivity index (χ0v) is 10.3. The van der Waals surface area contributed by atoms with Crippen molar-refractivity contribution in [2.45, 2.75) is 11.3 Å². The molecule has 1 heteroatoms. The third-order valence-electron chi connectivity index (χ3n) is 4.76. The first-order valence-corrected chi connectivity index (χ1v) is 6.74. The van der Waals surface area contributed by atoms with Gasteiger partial charge >= 0.3 is 0 Å². The van der Waals surface area contributed by atoms with E-state index in [9.17, 15) is 0 Å². The molecule has 0 spiro atoms. The lowest BCUT2D eigenvalue weighted by atomic mass is 9.91. The van der Waals surface area contributed by atoms with Crippen molar-refractivity contribution in [3.63, 3.8) is 0 Å². The molecule has 1 aliphatic carbocycles. The molecule has 0 aromatic heterocycles. The van der Waals surface area contributed by atoms with E-state index in [1.54, 1.807) is 0 Å².